The van der Waals surface area contributed by atoms with Crippen LogP contribution in [0.2, 0.25) is 0 Å². The fourth-order valence-electron chi connectivity index (χ4n) is 3.24. The van der Waals surface area contributed by atoms with Gasteiger partial charge in [0.1, 0.15) is 0 Å². The quantitative estimate of drug-likeness (QED) is 0.842. The zero-order chi connectivity index (χ0) is 12.6. The van der Waals surface area contributed by atoms with Crippen LogP contribution in [0.15, 0.2) is 24.3 Å². The van der Waals surface area contributed by atoms with Crippen LogP contribution in [0.1, 0.15) is 56.1 Å². The molecule has 18 heavy (non-hydrogen) atoms. The van der Waals surface area contributed by atoms with Crippen LogP contribution in [0.5, 0.6) is 0 Å². The summed E-state index contributed by atoms with van der Waals surface area (Å²) in [5, 5.41) is 3.77. The van der Waals surface area contributed by atoms with Crippen molar-refractivity contribution in [3.8, 4) is 0 Å². The maximum Gasteiger partial charge on any atom is 0.00789 e. The zero-order valence-electron chi connectivity index (χ0n) is 11.7. The Hall–Kier alpha value is -0.820. The van der Waals surface area contributed by atoms with Gasteiger partial charge in [-0.1, -0.05) is 43.2 Å². The van der Waals surface area contributed by atoms with Gasteiger partial charge in [0.05, 0.1) is 0 Å². The molecular formula is C17H25N. The average Bonchev–Trinajstić information content (AvgIpc) is 2.27. The minimum Gasteiger partial charge on any atom is -0.313 e. The summed E-state index contributed by atoms with van der Waals surface area (Å²) < 4.78 is 0. The number of aryl methyl sites for hydroxylation is 1. The third kappa shape index (κ3) is 2.47. The smallest absolute Gasteiger partial charge is 0.00789 e. The summed E-state index contributed by atoms with van der Waals surface area (Å²) in [4.78, 5) is 0. The summed E-state index contributed by atoms with van der Waals surface area (Å²) in [7, 11) is 0. The van der Waals surface area contributed by atoms with Crippen molar-refractivity contribution >= 4 is 0 Å². The first-order valence-electron chi connectivity index (χ1n) is 7.45. The highest BCUT2D eigenvalue weighted by Gasteiger charge is 2.35. The van der Waals surface area contributed by atoms with Gasteiger partial charge in [-0.3, -0.25) is 0 Å². The van der Waals surface area contributed by atoms with E-state index >= 15 is 0 Å². The van der Waals surface area contributed by atoms with Crippen LogP contribution in [-0.4, -0.2) is 12.6 Å². The van der Waals surface area contributed by atoms with Gasteiger partial charge in [-0.15, -0.1) is 0 Å². The van der Waals surface area contributed by atoms with Crippen molar-refractivity contribution < 1.29 is 0 Å². The molecule has 0 aliphatic heterocycles. The van der Waals surface area contributed by atoms with E-state index in [0.717, 1.165) is 12.0 Å². The van der Waals surface area contributed by atoms with Gasteiger partial charge in [0.15, 0.2) is 0 Å². The molecule has 1 N–H and O–H groups in total. The van der Waals surface area contributed by atoms with Gasteiger partial charge in [0.2, 0.25) is 0 Å². The van der Waals surface area contributed by atoms with Crippen LogP contribution < -0.4 is 5.32 Å². The van der Waals surface area contributed by atoms with E-state index in [4.69, 9.17) is 0 Å². The van der Waals surface area contributed by atoms with Gasteiger partial charge in [-0.25, -0.2) is 0 Å². The van der Waals surface area contributed by atoms with Crippen molar-refractivity contribution in [1.29, 1.82) is 0 Å². The third-order valence-electron chi connectivity index (χ3n) is 5.07. The van der Waals surface area contributed by atoms with Crippen LogP contribution in [-0.2, 0) is 0 Å². The van der Waals surface area contributed by atoms with Crippen LogP contribution in [0.4, 0.5) is 0 Å². The molecule has 0 amide bonds. The molecule has 0 atom stereocenters. The molecule has 1 nitrogen and oxygen atoms in total. The molecule has 0 radical (unpaired) electrons. The lowest BCUT2D eigenvalue weighted by atomic mass is 9.69. The molecule has 2 saturated carbocycles. The molecular weight excluding hydrogens is 218 g/mol. The summed E-state index contributed by atoms with van der Waals surface area (Å²) in [6.45, 7) is 5.83. The van der Waals surface area contributed by atoms with E-state index in [1.165, 1.54) is 49.8 Å². The minimum absolute atomic E-state index is 0.620. The Kier molecular flexibility index (Phi) is 3.19. The number of hydrogen-bond donors (Lipinski definition) is 1. The third-order valence-corrected chi connectivity index (χ3v) is 5.07. The fraction of sp³-hybridized carbons (Fsp3) is 0.647. The van der Waals surface area contributed by atoms with E-state index in [-0.39, 0.29) is 0 Å². The molecule has 1 aromatic carbocycles. The second-order valence-corrected chi connectivity index (χ2v) is 6.82. The van der Waals surface area contributed by atoms with Gasteiger partial charge in [-0.2, -0.15) is 0 Å². The zero-order valence-corrected chi connectivity index (χ0v) is 11.7. The molecule has 0 saturated heterocycles. The first-order chi connectivity index (χ1) is 8.65. The molecule has 3 rings (SSSR count). The molecule has 1 heteroatoms. The second kappa shape index (κ2) is 4.70. The summed E-state index contributed by atoms with van der Waals surface area (Å²) >= 11 is 0. The highest BCUT2D eigenvalue weighted by molar-refractivity contribution is 5.26. The van der Waals surface area contributed by atoms with Crippen molar-refractivity contribution in [1.82, 2.24) is 5.32 Å². The normalized spacial score (nSPS) is 29.4. The van der Waals surface area contributed by atoms with Gasteiger partial charge in [0.25, 0.3) is 0 Å². The number of benzene rings is 1. The predicted molar refractivity (Wildman–Crippen MR) is 76.9 cm³/mol. The van der Waals surface area contributed by atoms with Crippen LogP contribution in [0.3, 0.4) is 0 Å². The maximum atomic E-state index is 3.77. The van der Waals surface area contributed by atoms with E-state index in [1.54, 1.807) is 0 Å². The average molecular weight is 243 g/mol. The van der Waals surface area contributed by atoms with E-state index < -0.39 is 0 Å². The Morgan fingerprint density at radius 1 is 1.17 bits per heavy atom. The molecule has 0 bridgehead atoms. The Morgan fingerprint density at radius 3 is 2.39 bits per heavy atom. The standard InChI is InChI=1S/C17H25N/c1-13-4-6-14(7-5-13)15-10-16(11-15)18-12-17(2)8-3-9-17/h4-7,15-16,18H,3,8-12H2,1-2H3. The summed E-state index contributed by atoms with van der Waals surface area (Å²) in [6.07, 6.45) is 6.95. The molecule has 98 valence electrons. The Morgan fingerprint density at radius 2 is 1.83 bits per heavy atom. The van der Waals surface area contributed by atoms with Crippen molar-refractivity contribution in [3.05, 3.63) is 35.4 Å². The lowest BCUT2D eigenvalue weighted by Gasteiger charge is -2.43. The Balaban J connectivity index is 1.44. The fourth-order valence-corrected chi connectivity index (χ4v) is 3.24. The molecule has 0 unspecified atom stereocenters. The number of hydrogen-bond acceptors (Lipinski definition) is 1. The van der Waals surface area contributed by atoms with Gasteiger partial charge < -0.3 is 5.32 Å². The SMILES string of the molecule is Cc1ccc(C2CC(NCC3(C)CCC3)C2)cc1. The lowest BCUT2D eigenvalue weighted by molar-refractivity contribution is 0.137. The highest BCUT2D eigenvalue weighted by Crippen LogP contribution is 2.41. The molecule has 0 heterocycles. The molecule has 0 aromatic heterocycles. The van der Waals surface area contributed by atoms with E-state index in [2.05, 4.69) is 43.4 Å². The maximum absolute atomic E-state index is 3.77. The largest absolute Gasteiger partial charge is 0.313 e. The lowest BCUT2D eigenvalue weighted by Crippen LogP contribution is -2.46. The second-order valence-electron chi connectivity index (χ2n) is 6.82. The predicted octanol–water partition coefficient (Wildman–Crippen LogP) is 4.02. The van der Waals surface area contributed by atoms with Crippen molar-refractivity contribution in [2.24, 2.45) is 5.41 Å². The van der Waals surface area contributed by atoms with Crippen LogP contribution >= 0.6 is 0 Å². The van der Waals surface area contributed by atoms with Crippen molar-refractivity contribution in [3.63, 3.8) is 0 Å². The van der Waals surface area contributed by atoms with Gasteiger partial charge in [-0.05, 0) is 49.5 Å². The van der Waals surface area contributed by atoms with Gasteiger partial charge in [0, 0.05) is 12.6 Å². The summed E-state index contributed by atoms with van der Waals surface area (Å²) in [5.41, 5.74) is 3.52. The summed E-state index contributed by atoms with van der Waals surface area (Å²) in [5.74, 6) is 0.803. The molecule has 2 fully saturated rings. The number of rotatable bonds is 4. The topological polar surface area (TPSA) is 12.0 Å². The Bertz CT molecular complexity index is 396. The van der Waals surface area contributed by atoms with E-state index in [9.17, 15) is 0 Å². The molecule has 1 aromatic rings. The Labute approximate surface area is 111 Å². The summed E-state index contributed by atoms with van der Waals surface area (Å²) in [6, 6.07) is 9.87. The van der Waals surface area contributed by atoms with Crippen molar-refractivity contribution in [2.75, 3.05) is 6.54 Å². The van der Waals surface area contributed by atoms with E-state index in [0.29, 0.717) is 5.41 Å². The molecule has 2 aliphatic rings. The number of nitrogens with one attached hydrogen (secondary N) is 1. The molecule has 2 aliphatic carbocycles. The van der Waals surface area contributed by atoms with Crippen LogP contribution in [0.25, 0.3) is 0 Å². The monoisotopic (exact) mass is 243 g/mol. The van der Waals surface area contributed by atoms with E-state index in [1.807, 2.05) is 0 Å². The molecule has 0 spiro atoms. The first-order valence-corrected chi connectivity index (χ1v) is 7.45. The highest BCUT2D eigenvalue weighted by atomic mass is 14.9. The first kappa shape index (κ1) is 12.2. The van der Waals surface area contributed by atoms with Gasteiger partial charge >= 0.3 is 0 Å². The van der Waals surface area contributed by atoms with Crippen LogP contribution in [0, 0.1) is 12.3 Å². The minimum atomic E-state index is 0.620. The van der Waals surface area contributed by atoms with Crippen molar-refractivity contribution in [2.45, 2.75) is 57.9 Å².